The van der Waals surface area contributed by atoms with Crippen LogP contribution in [0, 0.1) is 11.8 Å². The van der Waals surface area contributed by atoms with Crippen molar-refractivity contribution in [2.45, 2.75) is 226 Å². The molecule has 0 rings (SSSR count). The second-order valence-corrected chi connectivity index (χ2v) is 17.5. The van der Waals surface area contributed by atoms with Gasteiger partial charge in [-0.1, -0.05) is 169 Å². The molecular weight excluding hydrogens is 729 g/mol. The zero-order chi connectivity index (χ0) is 42.7. The van der Waals surface area contributed by atoms with Gasteiger partial charge in [0, 0.05) is 39.0 Å². The van der Waals surface area contributed by atoms with Crippen molar-refractivity contribution in [2.24, 2.45) is 11.8 Å². The van der Waals surface area contributed by atoms with Gasteiger partial charge in [-0.05, 0) is 63.5 Å². The predicted octanol–water partition coefficient (Wildman–Crippen LogP) is 11.0. The molecule has 0 saturated carbocycles. The number of carbonyl (C=O) groups is 2. The number of carbonyl (C=O) groups excluding carboxylic acids is 2. The zero-order valence-electron chi connectivity index (χ0n) is 38.9. The fraction of sp³-hybridized carbons (Fsp3) is 0.959. The molecule has 0 aliphatic rings. The van der Waals surface area contributed by atoms with Crippen LogP contribution in [0.25, 0.3) is 0 Å². The molecule has 0 spiro atoms. The van der Waals surface area contributed by atoms with Crippen LogP contribution >= 0.6 is 0 Å². The van der Waals surface area contributed by atoms with Gasteiger partial charge in [0.05, 0.1) is 32.5 Å². The molecule has 0 amide bonds. The van der Waals surface area contributed by atoms with Crippen LogP contribution in [0.4, 0.5) is 0 Å². The van der Waals surface area contributed by atoms with E-state index in [4.69, 9.17) is 9.47 Å². The highest BCUT2D eigenvalue weighted by molar-refractivity contribution is 5.69. The molecule has 0 fully saturated rings. The van der Waals surface area contributed by atoms with E-state index in [0.717, 1.165) is 64.5 Å². The van der Waals surface area contributed by atoms with Crippen LogP contribution in [0.5, 0.6) is 0 Å². The Hall–Kier alpha value is -1.26. The summed E-state index contributed by atoms with van der Waals surface area (Å²) in [6, 6.07) is 0. The summed E-state index contributed by atoms with van der Waals surface area (Å²) >= 11 is 0. The van der Waals surface area contributed by atoms with Crippen LogP contribution in [0.1, 0.15) is 220 Å². The molecule has 0 aliphatic heterocycles. The number of unbranched alkanes of at least 4 members (excludes halogenated alkanes) is 16. The van der Waals surface area contributed by atoms with E-state index >= 15 is 0 Å². The number of rotatable bonds is 46. The van der Waals surface area contributed by atoms with Crippen molar-refractivity contribution in [3.05, 3.63) is 0 Å². The van der Waals surface area contributed by atoms with E-state index in [-0.39, 0.29) is 25.2 Å². The number of nitrogens with zero attached hydrogens (tertiary/aromatic N) is 2. The average Bonchev–Trinajstić information content (AvgIpc) is 3.20. The van der Waals surface area contributed by atoms with E-state index in [9.17, 15) is 24.9 Å². The van der Waals surface area contributed by atoms with Gasteiger partial charge >= 0.3 is 11.9 Å². The van der Waals surface area contributed by atoms with Crippen LogP contribution < -0.4 is 0 Å². The van der Waals surface area contributed by atoms with Crippen LogP contribution in [-0.4, -0.2) is 109 Å². The van der Waals surface area contributed by atoms with Crippen LogP contribution in [0.15, 0.2) is 0 Å². The van der Waals surface area contributed by atoms with Gasteiger partial charge in [0.25, 0.3) is 0 Å². The third kappa shape index (κ3) is 37.7. The number of esters is 2. The Kier molecular flexibility index (Phi) is 42.9. The number of ether oxygens (including phenoxy) is 2. The summed E-state index contributed by atoms with van der Waals surface area (Å²) in [6.07, 6.45) is 33.2. The van der Waals surface area contributed by atoms with E-state index in [0.29, 0.717) is 64.1 Å². The Morgan fingerprint density at radius 3 is 1.09 bits per heavy atom. The molecule has 0 bridgehead atoms. The standard InChI is InChI=1S/C49H98N2O7/c1-5-9-13-19-27-45(28-20-14-10-6-2)33-41-57-48(55)31-23-17-25-35-50(43-47(54)44-51(37-39-52)38-40-53)36-26-18-24-32-49(56)58-42-34-46(29-21-15-11-7-3)30-22-16-12-8-4/h45-47,52-54H,5-44H2,1-4H3/t47-/m0/s1. The summed E-state index contributed by atoms with van der Waals surface area (Å²) in [7, 11) is 0. The molecule has 3 N–H and O–H groups in total. The Labute approximate surface area is 359 Å². The Bertz CT molecular complexity index is 792. The van der Waals surface area contributed by atoms with Crippen molar-refractivity contribution >= 4 is 11.9 Å². The fourth-order valence-electron chi connectivity index (χ4n) is 8.22. The summed E-state index contributed by atoms with van der Waals surface area (Å²) in [5.41, 5.74) is 0. The molecule has 0 aliphatic carbocycles. The third-order valence-corrected chi connectivity index (χ3v) is 11.9. The van der Waals surface area contributed by atoms with Crippen molar-refractivity contribution in [3.8, 4) is 0 Å². The lowest BCUT2D eigenvalue weighted by atomic mass is 9.92. The monoisotopic (exact) mass is 827 g/mol. The van der Waals surface area contributed by atoms with E-state index in [1.165, 1.54) is 128 Å². The number of aliphatic hydroxyl groups excluding tert-OH is 3. The number of aliphatic hydroxyl groups is 3. The first kappa shape index (κ1) is 56.7. The van der Waals surface area contributed by atoms with Crippen LogP contribution in [0.2, 0.25) is 0 Å². The molecule has 9 nitrogen and oxygen atoms in total. The molecule has 0 unspecified atom stereocenters. The highest BCUT2D eigenvalue weighted by Gasteiger charge is 2.17. The predicted molar refractivity (Wildman–Crippen MR) is 243 cm³/mol. The van der Waals surface area contributed by atoms with Crippen molar-refractivity contribution in [3.63, 3.8) is 0 Å². The van der Waals surface area contributed by atoms with Gasteiger partial charge in [-0.25, -0.2) is 0 Å². The molecule has 0 radical (unpaired) electrons. The lowest BCUT2D eigenvalue weighted by Crippen LogP contribution is -2.42. The van der Waals surface area contributed by atoms with Gasteiger partial charge in [0.15, 0.2) is 0 Å². The van der Waals surface area contributed by atoms with Crippen molar-refractivity contribution in [1.82, 2.24) is 9.80 Å². The van der Waals surface area contributed by atoms with Crippen molar-refractivity contribution < 1.29 is 34.4 Å². The number of hydrogen-bond acceptors (Lipinski definition) is 9. The molecule has 0 aromatic carbocycles. The highest BCUT2D eigenvalue weighted by Crippen LogP contribution is 2.23. The average molecular weight is 827 g/mol. The SMILES string of the molecule is CCCCCCC(CCCCCC)CCOC(=O)CCCCCN(CCCCCC(=O)OCCC(CCCCCC)CCCCCC)C[C@H](O)CN(CCO)CCO. The molecule has 0 saturated heterocycles. The first-order valence-corrected chi connectivity index (χ1v) is 25.0. The van der Waals surface area contributed by atoms with Crippen molar-refractivity contribution in [1.29, 1.82) is 0 Å². The summed E-state index contributed by atoms with van der Waals surface area (Å²) < 4.78 is 11.4. The second-order valence-electron chi connectivity index (χ2n) is 17.5. The summed E-state index contributed by atoms with van der Waals surface area (Å²) in [5, 5.41) is 29.8. The third-order valence-electron chi connectivity index (χ3n) is 11.9. The van der Waals surface area contributed by atoms with Gasteiger partial charge in [-0.15, -0.1) is 0 Å². The van der Waals surface area contributed by atoms with Gasteiger partial charge in [0.2, 0.25) is 0 Å². The molecule has 1 atom stereocenters. The first-order chi connectivity index (χ1) is 28.3. The van der Waals surface area contributed by atoms with E-state index < -0.39 is 6.10 Å². The topological polar surface area (TPSA) is 120 Å². The molecule has 0 heterocycles. The smallest absolute Gasteiger partial charge is 0.305 e. The Morgan fingerprint density at radius 2 is 0.759 bits per heavy atom. The van der Waals surface area contributed by atoms with Crippen molar-refractivity contribution in [2.75, 3.05) is 65.7 Å². The normalized spacial score (nSPS) is 12.4. The summed E-state index contributed by atoms with van der Waals surface area (Å²) in [4.78, 5) is 29.4. The fourth-order valence-corrected chi connectivity index (χ4v) is 8.22. The van der Waals surface area contributed by atoms with Gasteiger partial charge in [-0.2, -0.15) is 0 Å². The maximum atomic E-state index is 12.6. The first-order valence-electron chi connectivity index (χ1n) is 25.0. The molecule has 0 aromatic rings. The van der Waals surface area contributed by atoms with Gasteiger partial charge in [0.1, 0.15) is 0 Å². The lowest BCUT2D eigenvalue weighted by molar-refractivity contribution is -0.145. The maximum absolute atomic E-state index is 12.6. The Balaban J connectivity index is 4.72. The summed E-state index contributed by atoms with van der Waals surface area (Å²) in [6.45, 7) is 13.4. The molecular formula is C49H98N2O7. The van der Waals surface area contributed by atoms with E-state index in [1.54, 1.807) is 0 Å². The highest BCUT2D eigenvalue weighted by atomic mass is 16.5. The number of hydrogen-bond donors (Lipinski definition) is 3. The van der Waals surface area contributed by atoms with E-state index in [2.05, 4.69) is 32.6 Å². The van der Waals surface area contributed by atoms with Gasteiger partial charge in [-0.3, -0.25) is 14.5 Å². The van der Waals surface area contributed by atoms with Crippen LogP contribution in [-0.2, 0) is 19.1 Å². The lowest BCUT2D eigenvalue weighted by Gasteiger charge is -2.28. The minimum atomic E-state index is -0.604. The second kappa shape index (κ2) is 43.8. The molecule has 58 heavy (non-hydrogen) atoms. The quantitative estimate of drug-likeness (QED) is 0.0407. The maximum Gasteiger partial charge on any atom is 0.305 e. The molecule has 9 heteroatoms. The zero-order valence-corrected chi connectivity index (χ0v) is 38.9. The molecule has 346 valence electrons. The Morgan fingerprint density at radius 1 is 0.431 bits per heavy atom. The van der Waals surface area contributed by atoms with Gasteiger partial charge < -0.3 is 29.7 Å². The van der Waals surface area contributed by atoms with Crippen LogP contribution in [0.3, 0.4) is 0 Å². The summed E-state index contributed by atoms with van der Waals surface area (Å²) in [5.74, 6) is 1.15. The minimum Gasteiger partial charge on any atom is -0.466 e. The largest absolute Gasteiger partial charge is 0.466 e. The van der Waals surface area contributed by atoms with E-state index in [1.807, 2.05) is 4.90 Å². The molecule has 0 aromatic heterocycles. The minimum absolute atomic E-state index is 0.0152.